The molecule has 0 bridgehead atoms. The van der Waals surface area contributed by atoms with E-state index in [1.54, 1.807) is 12.1 Å². The van der Waals surface area contributed by atoms with Crippen LogP contribution in [0.1, 0.15) is 5.56 Å². The van der Waals surface area contributed by atoms with Crippen molar-refractivity contribution < 1.29 is 17.9 Å². The topological polar surface area (TPSA) is 55.8 Å². The summed E-state index contributed by atoms with van der Waals surface area (Å²) in [6, 6.07) is 39.6. The lowest BCUT2D eigenvalue weighted by Crippen LogP contribution is -2.09. The monoisotopic (exact) mass is 541 g/mol. The van der Waals surface area contributed by atoms with Crippen molar-refractivity contribution in [2.75, 3.05) is 4.90 Å². The Kier molecular flexibility index (Phi) is 7.36. The molecule has 0 radical (unpaired) electrons. The first-order chi connectivity index (χ1) is 18.3. The number of anilines is 3. The zero-order valence-electron chi connectivity index (χ0n) is 20.5. The van der Waals surface area contributed by atoms with Crippen LogP contribution in [-0.2, 0) is 9.05 Å². The molecule has 5 aromatic carbocycles. The van der Waals surface area contributed by atoms with E-state index in [0.717, 1.165) is 28.6 Å². The Labute approximate surface area is 226 Å². The van der Waals surface area contributed by atoms with E-state index in [9.17, 15) is 8.42 Å². The van der Waals surface area contributed by atoms with Gasteiger partial charge in [0.25, 0.3) is 9.05 Å². The van der Waals surface area contributed by atoms with Crippen LogP contribution < -0.4 is 14.4 Å². The molecule has 7 heteroatoms. The average molecular weight is 542 g/mol. The summed E-state index contributed by atoms with van der Waals surface area (Å²) in [4.78, 5) is 2.16. The third kappa shape index (κ3) is 6.17. The van der Waals surface area contributed by atoms with Crippen LogP contribution in [0.2, 0.25) is 0 Å². The van der Waals surface area contributed by atoms with Crippen LogP contribution in [-0.4, -0.2) is 8.42 Å². The van der Waals surface area contributed by atoms with Crippen LogP contribution in [0.4, 0.5) is 17.1 Å². The van der Waals surface area contributed by atoms with E-state index in [4.69, 9.17) is 20.2 Å². The van der Waals surface area contributed by atoms with Gasteiger partial charge < -0.3 is 14.4 Å². The van der Waals surface area contributed by atoms with Crippen molar-refractivity contribution in [3.8, 4) is 23.0 Å². The van der Waals surface area contributed by atoms with Crippen LogP contribution in [0.25, 0.3) is 0 Å². The number of para-hydroxylation sites is 1. The molecular formula is C31H24ClNO4S. The van der Waals surface area contributed by atoms with Gasteiger partial charge in [0.15, 0.2) is 0 Å². The fourth-order valence-corrected chi connectivity index (χ4v) is 4.67. The molecule has 0 aromatic heterocycles. The van der Waals surface area contributed by atoms with Crippen LogP contribution in [0.15, 0.2) is 132 Å². The van der Waals surface area contributed by atoms with Gasteiger partial charge in [0.2, 0.25) is 0 Å². The number of benzene rings is 5. The lowest BCUT2D eigenvalue weighted by atomic mass is 10.2. The van der Waals surface area contributed by atoms with E-state index in [1.807, 2.05) is 110 Å². The molecule has 0 aliphatic rings. The molecule has 38 heavy (non-hydrogen) atoms. The Morgan fingerprint density at radius 1 is 0.526 bits per heavy atom. The summed E-state index contributed by atoms with van der Waals surface area (Å²) in [7, 11) is 1.61. The number of ether oxygens (including phenoxy) is 2. The molecule has 0 aliphatic heterocycles. The molecule has 0 saturated heterocycles. The van der Waals surface area contributed by atoms with Gasteiger partial charge in [0.05, 0.1) is 4.90 Å². The molecule has 190 valence electrons. The van der Waals surface area contributed by atoms with Crippen molar-refractivity contribution in [1.29, 1.82) is 0 Å². The minimum Gasteiger partial charge on any atom is -0.457 e. The van der Waals surface area contributed by atoms with E-state index in [-0.39, 0.29) is 4.90 Å². The van der Waals surface area contributed by atoms with Crippen molar-refractivity contribution in [1.82, 2.24) is 0 Å². The van der Waals surface area contributed by atoms with Crippen molar-refractivity contribution in [3.05, 3.63) is 133 Å². The van der Waals surface area contributed by atoms with Gasteiger partial charge >= 0.3 is 0 Å². The van der Waals surface area contributed by atoms with E-state index in [1.165, 1.54) is 17.7 Å². The van der Waals surface area contributed by atoms with Crippen LogP contribution >= 0.6 is 10.7 Å². The highest BCUT2D eigenvalue weighted by Gasteiger charge is 2.13. The minimum absolute atomic E-state index is 0.0238. The molecule has 0 unspecified atom stereocenters. The highest BCUT2D eigenvalue weighted by Crippen LogP contribution is 2.37. The fraction of sp³-hybridized carbons (Fsp3) is 0.0323. The zero-order chi connectivity index (χ0) is 26.5. The standard InChI is InChI=1S/C31H24ClNO4S/c1-23-7-13-27(14-8-23)36-28-15-9-25(10-16-28)33(24-5-3-2-4-6-24)26-11-17-29(18-12-26)37-30-19-21-31(22-20-30)38(32,34)35/h2-22H,1H3. The smallest absolute Gasteiger partial charge is 0.261 e. The summed E-state index contributed by atoms with van der Waals surface area (Å²) in [6.45, 7) is 2.04. The third-order valence-electron chi connectivity index (χ3n) is 5.80. The molecule has 5 rings (SSSR count). The van der Waals surface area contributed by atoms with Crippen molar-refractivity contribution in [2.45, 2.75) is 11.8 Å². The van der Waals surface area contributed by atoms with Gasteiger partial charge in [-0.1, -0.05) is 35.9 Å². The molecule has 0 amide bonds. The van der Waals surface area contributed by atoms with Crippen LogP contribution in [0, 0.1) is 6.92 Å². The average Bonchev–Trinajstić information content (AvgIpc) is 2.92. The number of halogens is 1. The molecule has 5 nitrogen and oxygen atoms in total. The number of rotatable bonds is 8. The van der Waals surface area contributed by atoms with Gasteiger partial charge in [-0.15, -0.1) is 0 Å². The molecule has 0 heterocycles. The number of hydrogen-bond donors (Lipinski definition) is 0. The Morgan fingerprint density at radius 2 is 0.895 bits per heavy atom. The number of nitrogens with zero attached hydrogens (tertiary/aromatic N) is 1. The van der Waals surface area contributed by atoms with Crippen molar-refractivity contribution >= 4 is 36.8 Å². The summed E-state index contributed by atoms with van der Waals surface area (Å²) in [6.07, 6.45) is 0. The molecule has 0 atom stereocenters. The molecule has 0 N–H and O–H groups in total. The summed E-state index contributed by atoms with van der Waals surface area (Å²) >= 11 is 0. The van der Waals surface area contributed by atoms with E-state index in [2.05, 4.69) is 4.90 Å². The predicted molar refractivity (Wildman–Crippen MR) is 152 cm³/mol. The molecular weight excluding hydrogens is 518 g/mol. The largest absolute Gasteiger partial charge is 0.457 e. The van der Waals surface area contributed by atoms with Crippen LogP contribution in [0.3, 0.4) is 0 Å². The van der Waals surface area contributed by atoms with Crippen molar-refractivity contribution in [2.24, 2.45) is 0 Å². The quantitative estimate of drug-likeness (QED) is 0.183. The second-order valence-electron chi connectivity index (χ2n) is 8.59. The van der Waals surface area contributed by atoms with Gasteiger partial charge in [-0.2, -0.15) is 0 Å². The highest BCUT2D eigenvalue weighted by molar-refractivity contribution is 8.13. The van der Waals surface area contributed by atoms with Gasteiger partial charge in [-0.3, -0.25) is 0 Å². The van der Waals surface area contributed by atoms with Gasteiger partial charge in [-0.25, -0.2) is 8.42 Å². The van der Waals surface area contributed by atoms with E-state index in [0.29, 0.717) is 11.5 Å². The molecule has 0 fully saturated rings. The predicted octanol–water partition coefficient (Wildman–Crippen LogP) is 8.98. The zero-order valence-corrected chi connectivity index (χ0v) is 22.1. The molecule has 0 saturated carbocycles. The highest BCUT2D eigenvalue weighted by atomic mass is 35.7. The maximum absolute atomic E-state index is 11.5. The fourth-order valence-electron chi connectivity index (χ4n) is 3.90. The number of aryl methyl sites for hydroxylation is 1. The van der Waals surface area contributed by atoms with E-state index < -0.39 is 9.05 Å². The van der Waals surface area contributed by atoms with Crippen LogP contribution in [0.5, 0.6) is 23.0 Å². The molecule has 0 spiro atoms. The Hall–Kier alpha value is -4.26. The van der Waals surface area contributed by atoms with Gasteiger partial charge in [0, 0.05) is 27.7 Å². The Balaban J connectivity index is 1.37. The first-order valence-corrected chi connectivity index (χ1v) is 14.2. The third-order valence-corrected chi connectivity index (χ3v) is 7.17. The molecule has 5 aromatic rings. The second-order valence-corrected chi connectivity index (χ2v) is 11.2. The maximum atomic E-state index is 11.5. The summed E-state index contributed by atoms with van der Waals surface area (Å²) < 4.78 is 34.8. The minimum atomic E-state index is -3.78. The number of hydrogen-bond acceptors (Lipinski definition) is 5. The SMILES string of the molecule is Cc1ccc(Oc2ccc(N(c3ccccc3)c3ccc(Oc4ccc(S(=O)(=O)Cl)cc4)cc3)cc2)cc1. The van der Waals surface area contributed by atoms with Gasteiger partial charge in [-0.05, 0) is 104 Å². The summed E-state index contributed by atoms with van der Waals surface area (Å²) in [5, 5.41) is 0. The lowest BCUT2D eigenvalue weighted by molar-refractivity contribution is 0.482. The van der Waals surface area contributed by atoms with E-state index >= 15 is 0 Å². The van der Waals surface area contributed by atoms with Crippen molar-refractivity contribution in [3.63, 3.8) is 0 Å². The Bertz CT molecular complexity index is 1600. The Morgan fingerprint density at radius 3 is 1.32 bits per heavy atom. The summed E-state index contributed by atoms with van der Waals surface area (Å²) in [5.74, 6) is 2.66. The second kappa shape index (κ2) is 11.0. The summed E-state index contributed by atoms with van der Waals surface area (Å²) in [5.41, 5.74) is 4.10. The maximum Gasteiger partial charge on any atom is 0.261 e. The normalized spacial score (nSPS) is 11.1. The molecule has 0 aliphatic carbocycles. The lowest BCUT2D eigenvalue weighted by Gasteiger charge is -2.25. The first-order valence-electron chi connectivity index (χ1n) is 11.9. The van der Waals surface area contributed by atoms with Gasteiger partial charge in [0.1, 0.15) is 23.0 Å². The first kappa shape index (κ1) is 25.4.